The number of aromatic nitrogens is 2. The number of benzene rings is 1. The third-order valence-electron chi connectivity index (χ3n) is 5.67. The Morgan fingerprint density at radius 1 is 1.23 bits per heavy atom. The summed E-state index contributed by atoms with van der Waals surface area (Å²) in [7, 11) is 1.65. The van der Waals surface area contributed by atoms with Gasteiger partial charge in [0.25, 0.3) is 5.91 Å². The Balaban J connectivity index is 1.52. The molecule has 1 amide bonds. The van der Waals surface area contributed by atoms with E-state index in [1.54, 1.807) is 18.4 Å². The van der Waals surface area contributed by atoms with E-state index in [0.717, 1.165) is 73.2 Å². The summed E-state index contributed by atoms with van der Waals surface area (Å²) in [5, 5.41) is 7.34. The molecule has 4 rings (SSSR count). The number of nitrogens with zero attached hydrogens (tertiary/aromatic N) is 3. The van der Waals surface area contributed by atoms with Crippen molar-refractivity contribution in [3.63, 3.8) is 0 Å². The number of carbonyl (C=O) groups excluding carboxylic acids is 1. The van der Waals surface area contributed by atoms with Crippen LogP contribution in [0, 0.1) is 13.8 Å². The van der Waals surface area contributed by atoms with E-state index in [0.29, 0.717) is 5.56 Å². The number of aryl methyl sites for hydroxylation is 2. The summed E-state index contributed by atoms with van der Waals surface area (Å²) in [4.78, 5) is 26.3. The molecular formula is C23H29N5O2S. The van der Waals surface area contributed by atoms with E-state index in [1.165, 1.54) is 10.4 Å². The first kappa shape index (κ1) is 21.7. The zero-order chi connectivity index (χ0) is 21.8. The molecular weight excluding hydrogens is 410 g/mol. The number of nitrogens with one attached hydrogen (secondary N) is 2. The number of amides is 1. The Kier molecular flexibility index (Phi) is 6.80. The van der Waals surface area contributed by atoms with Gasteiger partial charge >= 0.3 is 0 Å². The van der Waals surface area contributed by atoms with Crippen LogP contribution >= 0.6 is 11.3 Å². The van der Waals surface area contributed by atoms with Crippen LogP contribution < -0.4 is 10.6 Å². The van der Waals surface area contributed by atoms with E-state index >= 15 is 0 Å². The number of carbonyl (C=O) groups is 1. The van der Waals surface area contributed by atoms with Crippen LogP contribution in [0.25, 0.3) is 10.2 Å². The largest absolute Gasteiger partial charge is 0.379 e. The summed E-state index contributed by atoms with van der Waals surface area (Å²) in [6, 6.07) is 7.75. The van der Waals surface area contributed by atoms with Crippen LogP contribution in [-0.2, 0) is 17.7 Å². The van der Waals surface area contributed by atoms with E-state index in [1.807, 2.05) is 24.3 Å². The number of fused-ring (bicyclic) bond motifs is 1. The first-order chi connectivity index (χ1) is 15.0. The highest BCUT2D eigenvalue weighted by molar-refractivity contribution is 7.18. The average molecular weight is 440 g/mol. The van der Waals surface area contributed by atoms with E-state index in [2.05, 4.69) is 29.4 Å². The second-order valence-corrected chi connectivity index (χ2v) is 9.00. The molecule has 1 fully saturated rings. The lowest BCUT2D eigenvalue weighted by Crippen LogP contribution is -2.36. The zero-order valence-corrected chi connectivity index (χ0v) is 19.1. The van der Waals surface area contributed by atoms with Gasteiger partial charge in [0.05, 0.1) is 25.1 Å². The Morgan fingerprint density at radius 3 is 2.81 bits per heavy atom. The van der Waals surface area contributed by atoms with Gasteiger partial charge in [-0.05, 0) is 43.5 Å². The number of anilines is 1. The Bertz CT molecular complexity index is 1080. The lowest BCUT2D eigenvalue weighted by Gasteiger charge is -2.25. The molecule has 0 aliphatic carbocycles. The zero-order valence-electron chi connectivity index (χ0n) is 18.3. The maximum Gasteiger partial charge on any atom is 0.251 e. The van der Waals surface area contributed by atoms with Crippen molar-refractivity contribution in [1.82, 2.24) is 20.2 Å². The Labute approximate surface area is 186 Å². The minimum atomic E-state index is -0.0653. The number of morpholine rings is 1. The molecule has 164 valence electrons. The molecule has 3 aromatic rings. The van der Waals surface area contributed by atoms with Gasteiger partial charge in [-0.25, -0.2) is 9.97 Å². The van der Waals surface area contributed by atoms with Crippen molar-refractivity contribution >= 4 is 33.3 Å². The third kappa shape index (κ3) is 5.03. The van der Waals surface area contributed by atoms with Gasteiger partial charge in [0.1, 0.15) is 16.5 Å². The number of rotatable bonds is 7. The molecule has 31 heavy (non-hydrogen) atoms. The summed E-state index contributed by atoms with van der Waals surface area (Å²) in [6.07, 6.45) is 0.803. The molecule has 0 atom stereocenters. The highest BCUT2D eigenvalue weighted by Crippen LogP contribution is 2.33. The van der Waals surface area contributed by atoms with Crippen LogP contribution in [0.4, 0.5) is 5.82 Å². The van der Waals surface area contributed by atoms with Gasteiger partial charge in [0, 0.05) is 37.1 Å². The van der Waals surface area contributed by atoms with Crippen LogP contribution in [0.2, 0.25) is 0 Å². The summed E-state index contributed by atoms with van der Waals surface area (Å²) in [5.41, 5.74) is 3.04. The second-order valence-electron chi connectivity index (χ2n) is 7.80. The van der Waals surface area contributed by atoms with Gasteiger partial charge in [0.2, 0.25) is 0 Å². The Morgan fingerprint density at radius 2 is 2.03 bits per heavy atom. The van der Waals surface area contributed by atoms with Crippen LogP contribution in [0.1, 0.15) is 32.2 Å². The van der Waals surface area contributed by atoms with Crippen molar-refractivity contribution in [1.29, 1.82) is 0 Å². The maximum atomic E-state index is 11.9. The van der Waals surface area contributed by atoms with Crippen molar-refractivity contribution in [2.75, 3.05) is 45.2 Å². The smallest absolute Gasteiger partial charge is 0.251 e. The minimum Gasteiger partial charge on any atom is -0.379 e. The molecule has 3 heterocycles. The lowest BCUT2D eigenvalue weighted by atomic mass is 10.1. The summed E-state index contributed by atoms with van der Waals surface area (Å²) >= 11 is 1.73. The molecule has 0 bridgehead atoms. The maximum absolute atomic E-state index is 11.9. The molecule has 1 aromatic carbocycles. The fourth-order valence-electron chi connectivity index (χ4n) is 3.79. The average Bonchev–Trinajstić information content (AvgIpc) is 3.07. The van der Waals surface area contributed by atoms with Gasteiger partial charge in [-0.1, -0.05) is 12.1 Å². The van der Waals surface area contributed by atoms with Crippen molar-refractivity contribution in [3.05, 3.63) is 51.7 Å². The van der Waals surface area contributed by atoms with Gasteiger partial charge in [-0.15, -0.1) is 11.3 Å². The third-order valence-corrected chi connectivity index (χ3v) is 6.77. The quantitative estimate of drug-likeness (QED) is 0.589. The predicted octanol–water partition coefficient (Wildman–Crippen LogP) is 3.15. The highest BCUT2D eigenvalue weighted by Gasteiger charge is 2.17. The highest BCUT2D eigenvalue weighted by atomic mass is 32.1. The first-order valence-corrected chi connectivity index (χ1v) is 11.5. The molecule has 0 saturated carbocycles. The molecule has 2 N–H and O–H groups in total. The summed E-state index contributed by atoms with van der Waals surface area (Å²) < 4.78 is 5.46. The van der Waals surface area contributed by atoms with E-state index in [9.17, 15) is 4.79 Å². The number of hydrogen-bond donors (Lipinski definition) is 2. The normalized spacial score (nSPS) is 14.7. The van der Waals surface area contributed by atoms with Gasteiger partial charge < -0.3 is 15.4 Å². The predicted molar refractivity (Wildman–Crippen MR) is 125 cm³/mol. The van der Waals surface area contributed by atoms with E-state index in [4.69, 9.17) is 14.7 Å². The SMILES string of the molecule is CNC(=O)c1cccc(CCNc2nc(CN3CCOCC3)nc3sc(C)c(C)c23)c1. The van der Waals surface area contributed by atoms with Gasteiger partial charge in [-0.3, -0.25) is 9.69 Å². The topological polar surface area (TPSA) is 79.4 Å². The fourth-order valence-corrected chi connectivity index (χ4v) is 4.84. The second kappa shape index (κ2) is 9.72. The van der Waals surface area contributed by atoms with Crippen LogP contribution in [-0.4, -0.2) is 60.7 Å². The van der Waals surface area contributed by atoms with Crippen molar-refractivity contribution < 1.29 is 9.53 Å². The number of hydrogen-bond acceptors (Lipinski definition) is 7. The van der Waals surface area contributed by atoms with E-state index in [-0.39, 0.29) is 5.91 Å². The summed E-state index contributed by atoms with van der Waals surface area (Å²) in [6.45, 7) is 9.09. The van der Waals surface area contributed by atoms with Crippen molar-refractivity contribution in [2.45, 2.75) is 26.8 Å². The number of thiophene rings is 1. The molecule has 1 aliphatic rings. The molecule has 2 aromatic heterocycles. The van der Waals surface area contributed by atoms with Crippen LogP contribution in [0.5, 0.6) is 0 Å². The monoisotopic (exact) mass is 439 g/mol. The van der Waals surface area contributed by atoms with Gasteiger partial charge in [-0.2, -0.15) is 0 Å². The van der Waals surface area contributed by atoms with E-state index < -0.39 is 0 Å². The summed E-state index contributed by atoms with van der Waals surface area (Å²) in [5.74, 6) is 1.68. The van der Waals surface area contributed by atoms with Crippen molar-refractivity contribution in [2.24, 2.45) is 0 Å². The van der Waals surface area contributed by atoms with Crippen LogP contribution in [0.3, 0.4) is 0 Å². The first-order valence-electron chi connectivity index (χ1n) is 10.7. The molecule has 0 spiro atoms. The minimum absolute atomic E-state index is 0.0653. The molecule has 7 nitrogen and oxygen atoms in total. The number of ether oxygens (including phenoxy) is 1. The van der Waals surface area contributed by atoms with Gasteiger partial charge in [0.15, 0.2) is 0 Å². The molecule has 0 unspecified atom stereocenters. The molecule has 1 aliphatic heterocycles. The fraction of sp³-hybridized carbons (Fsp3) is 0.435. The molecule has 0 radical (unpaired) electrons. The lowest BCUT2D eigenvalue weighted by molar-refractivity contribution is 0.0331. The standard InChI is InChI=1S/C23H29N5O2S/c1-15-16(2)31-23-20(15)21(26-19(27-23)14-28-9-11-30-12-10-28)25-8-7-17-5-4-6-18(13-17)22(29)24-3/h4-6,13H,7-12,14H2,1-3H3,(H,24,29)(H,25,26,27). The van der Waals surface area contributed by atoms with Crippen LogP contribution in [0.15, 0.2) is 24.3 Å². The molecule has 8 heteroatoms. The molecule has 1 saturated heterocycles. The van der Waals surface area contributed by atoms with Crippen molar-refractivity contribution in [3.8, 4) is 0 Å². The Hall–Kier alpha value is -2.55.